The molecule has 138 valence electrons. The second kappa shape index (κ2) is 7.60. The molecule has 0 aliphatic carbocycles. The van der Waals surface area contributed by atoms with Gasteiger partial charge in [0.1, 0.15) is 0 Å². The molecule has 0 aromatic carbocycles. The summed E-state index contributed by atoms with van der Waals surface area (Å²) in [5.41, 5.74) is 2.50. The van der Waals surface area contributed by atoms with Crippen molar-refractivity contribution in [1.29, 1.82) is 0 Å². The summed E-state index contributed by atoms with van der Waals surface area (Å²) in [6.07, 6.45) is 4.55. The minimum atomic E-state index is -4.54. The summed E-state index contributed by atoms with van der Waals surface area (Å²) in [5.74, 6) is -0.238. The van der Waals surface area contributed by atoms with E-state index < -0.39 is 16.4 Å². The Morgan fingerprint density at radius 1 is 1.29 bits per heavy atom. The summed E-state index contributed by atoms with van der Waals surface area (Å²) in [6.45, 7) is 2.06. The average Bonchev–Trinajstić information content (AvgIpc) is 2.82. The molecule has 3 heterocycles. The Hall–Kier alpha value is -0.820. The van der Waals surface area contributed by atoms with Crippen molar-refractivity contribution in [2.45, 2.75) is 50.2 Å². The van der Waals surface area contributed by atoms with Gasteiger partial charge in [-0.3, -0.25) is 19.1 Å². The SMILES string of the molecule is O=C(NOC[C@@H]1CCCCN1)C1CCC2CN1CN2OS(=O)(=O)O. The van der Waals surface area contributed by atoms with Crippen LogP contribution in [0.3, 0.4) is 0 Å². The molecule has 11 heteroatoms. The molecule has 2 bridgehead atoms. The van der Waals surface area contributed by atoms with E-state index in [1.165, 1.54) is 11.5 Å². The van der Waals surface area contributed by atoms with Crippen molar-refractivity contribution in [1.82, 2.24) is 20.8 Å². The van der Waals surface area contributed by atoms with Gasteiger partial charge in [0, 0.05) is 12.6 Å². The third-order valence-corrected chi connectivity index (χ3v) is 5.13. The molecule has 1 amide bonds. The molecule has 3 saturated heterocycles. The first-order valence-electron chi connectivity index (χ1n) is 8.25. The lowest BCUT2D eigenvalue weighted by Gasteiger charge is -2.29. The molecule has 24 heavy (non-hydrogen) atoms. The topological polar surface area (TPSA) is 120 Å². The van der Waals surface area contributed by atoms with Crippen LogP contribution in [0.1, 0.15) is 32.1 Å². The minimum Gasteiger partial charge on any atom is -0.312 e. The Morgan fingerprint density at radius 3 is 2.83 bits per heavy atom. The first-order chi connectivity index (χ1) is 11.4. The van der Waals surface area contributed by atoms with Gasteiger partial charge in [-0.15, -0.1) is 0 Å². The van der Waals surface area contributed by atoms with E-state index >= 15 is 0 Å². The summed E-state index contributed by atoms with van der Waals surface area (Å²) < 4.78 is 35.0. The van der Waals surface area contributed by atoms with Crippen LogP contribution >= 0.6 is 0 Å². The zero-order chi connectivity index (χ0) is 17.2. The van der Waals surface area contributed by atoms with Crippen LogP contribution < -0.4 is 10.8 Å². The zero-order valence-corrected chi connectivity index (χ0v) is 14.2. The molecule has 3 aliphatic rings. The van der Waals surface area contributed by atoms with Crippen LogP contribution in [0.25, 0.3) is 0 Å². The van der Waals surface area contributed by atoms with Gasteiger partial charge in [-0.1, -0.05) is 6.42 Å². The van der Waals surface area contributed by atoms with Gasteiger partial charge in [0.25, 0.3) is 5.91 Å². The fraction of sp³-hybridized carbons (Fsp3) is 0.923. The van der Waals surface area contributed by atoms with Crippen LogP contribution in [0.2, 0.25) is 0 Å². The molecule has 0 saturated carbocycles. The monoisotopic (exact) mass is 364 g/mol. The molecule has 3 fully saturated rings. The molecule has 3 unspecified atom stereocenters. The molecule has 4 atom stereocenters. The van der Waals surface area contributed by atoms with E-state index in [4.69, 9.17) is 9.39 Å². The number of piperidine rings is 2. The van der Waals surface area contributed by atoms with E-state index in [-0.39, 0.29) is 24.7 Å². The lowest BCUT2D eigenvalue weighted by molar-refractivity contribution is -0.140. The van der Waals surface area contributed by atoms with Crippen molar-refractivity contribution in [3.8, 4) is 0 Å². The summed E-state index contributed by atoms with van der Waals surface area (Å²) >= 11 is 0. The Morgan fingerprint density at radius 2 is 2.12 bits per heavy atom. The zero-order valence-electron chi connectivity index (χ0n) is 13.4. The number of carbonyl (C=O) groups is 1. The van der Waals surface area contributed by atoms with E-state index in [1.54, 1.807) is 0 Å². The van der Waals surface area contributed by atoms with Crippen LogP contribution in [0.4, 0.5) is 0 Å². The maximum atomic E-state index is 12.3. The molecule has 10 nitrogen and oxygen atoms in total. The molecule has 3 N–H and O–H groups in total. The maximum absolute atomic E-state index is 12.3. The highest BCUT2D eigenvalue weighted by atomic mass is 32.3. The molecular formula is C13H24N4O6S. The van der Waals surface area contributed by atoms with Crippen LogP contribution in [-0.4, -0.2) is 73.3 Å². The van der Waals surface area contributed by atoms with E-state index in [0.29, 0.717) is 26.0 Å². The number of hydrogen-bond donors (Lipinski definition) is 3. The summed E-state index contributed by atoms with van der Waals surface area (Å²) in [7, 11) is -4.54. The highest BCUT2D eigenvalue weighted by Gasteiger charge is 2.43. The standard InChI is InChI=1S/C13H24N4O6S/c18-13(15-22-8-10-3-1-2-6-14-10)12-5-4-11-7-16(12)9-17(11)23-24(19,20)21/h10-12,14H,1-9H2,(H,15,18)(H,19,20,21)/t10-,11?,12?/m0/s1. The Labute approximate surface area is 141 Å². The molecule has 0 aromatic rings. The van der Waals surface area contributed by atoms with Gasteiger partial charge >= 0.3 is 10.4 Å². The van der Waals surface area contributed by atoms with Gasteiger partial charge in [-0.05, 0) is 32.2 Å². The Balaban J connectivity index is 1.44. The number of amides is 1. The predicted octanol–water partition coefficient (Wildman–Crippen LogP) is -0.983. The minimum absolute atomic E-state index is 0.146. The van der Waals surface area contributed by atoms with Crippen molar-refractivity contribution in [3.63, 3.8) is 0 Å². The maximum Gasteiger partial charge on any atom is 0.413 e. The molecule has 0 radical (unpaired) electrons. The lowest BCUT2D eigenvalue weighted by atomic mass is 10.0. The van der Waals surface area contributed by atoms with Crippen LogP contribution in [0, 0.1) is 0 Å². The van der Waals surface area contributed by atoms with Crippen molar-refractivity contribution in [3.05, 3.63) is 0 Å². The van der Waals surface area contributed by atoms with Crippen LogP contribution in [-0.2, 0) is 24.3 Å². The van der Waals surface area contributed by atoms with Crippen molar-refractivity contribution in [2.24, 2.45) is 0 Å². The van der Waals surface area contributed by atoms with Crippen molar-refractivity contribution in [2.75, 3.05) is 26.4 Å². The number of hydrogen-bond acceptors (Lipinski definition) is 8. The van der Waals surface area contributed by atoms with E-state index in [9.17, 15) is 13.2 Å². The normalized spacial score (nSPS) is 34.2. The second-order valence-corrected chi connectivity index (χ2v) is 7.51. The highest BCUT2D eigenvalue weighted by Crippen LogP contribution is 2.28. The summed E-state index contributed by atoms with van der Waals surface area (Å²) in [5, 5.41) is 4.54. The van der Waals surface area contributed by atoms with Crippen molar-refractivity contribution >= 4 is 16.3 Å². The number of fused-ring (bicyclic) bond motifs is 2. The number of carbonyl (C=O) groups excluding carboxylic acids is 1. The Kier molecular flexibility index (Phi) is 5.70. The van der Waals surface area contributed by atoms with E-state index in [1.807, 2.05) is 4.90 Å². The first kappa shape index (κ1) is 18.0. The molecule has 0 spiro atoms. The van der Waals surface area contributed by atoms with Gasteiger partial charge in [-0.2, -0.15) is 17.8 Å². The van der Waals surface area contributed by atoms with Gasteiger partial charge in [-0.25, -0.2) is 5.48 Å². The fourth-order valence-corrected chi connectivity index (χ4v) is 3.97. The molecule has 3 rings (SSSR count). The van der Waals surface area contributed by atoms with E-state index in [0.717, 1.165) is 19.4 Å². The number of nitrogens with zero attached hydrogens (tertiary/aromatic N) is 2. The predicted molar refractivity (Wildman–Crippen MR) is 82.6 cm³/mol. The van der Waals surface area contributed by atoms with Gasteiger partial charge in [0.05, 0.1) is 25.4 Å². The molecule has 0 aromatic heterocycles. The van der Waals surface area contributed by atoms with Gasteiger partial charge in [0.2, 0.25) is 0 Å². The third kappa shape index (κ3) is 4.63. The smallest absolute Gasteiger partial charge is 0.312 e. The van der Waals surface area contributed by atoms with E-state index in [2.05, 4.69) is 15.1 Å². The quantitative estimate of drug-likeness (QED) is 0.403. The van der Waals surface area contributed by atoms with Crippen molar-refractivity contribution < 1.29 is 26.9 Å². The number of hydroxylamine groups is 3. The number of nitrogens with one attached hydrogen (secondary N) is 2. The first-order valence-corrected chi connectivity index (χ1v) is 9.61. The molecule has 3 aliphatic heterocycles. The highest BCUT2D eigenvalue weighted by molar-refractivity contribution is 7.80. The van der Waals surface area contributed by atoms with Gasteiger partial charge in [0.15, 0.2) is 0 Å². The summed E-state index contributed by atoms with van der Waals surface area (Å²) in [6, 6.07) is -0.279. The fourth-order valence-electron chi connectivity index (χ4n) is 3.56. The van der Waals surface area contributed by atoms with Crippen LogP contribution in [0.5, 0.6) is 0 Å². The third-order valence-electron chi connectivity index (χ3n) is 4.75. The average molecular weight is 364 g/mol. The number of rotatable bonds is 6. The Bertz CT molecular complexity index is 553. The van der Waals surface area contributed by atoms with Crippen LogP contribution in [0.15, 0.2) is 0 Å². The second-order valence-electron chi connectivity index (χ2n) is 6.50. The molecular weight excluding hydrogens is 340 g/mol. The lowest BCUT2D eigenvalue weighted by Crippen LogP contribution is -2.49. The van der Waals surface area contributed by atoms with Gasteiger partial charge < -0.3 is 5.32 Å². The largest absolute Gasteiger partial charge is 0.413 e. The summed E-state index contributed by atoms with van der Waals surface area (Å²) in [4.78, 5) is 19.4.